The van der Waals surface area contributed by atoms with Gasteiger partial charge in [0.15, 0.2) is 11.7 Å². The topological polar surface area (TPSA) is 136 Å². The molecule has 1 saturated heterocycles. The monoisotopic (exact) mass is 671 g/mol. The standard InChI is InChI=1S/C32H39ClFN7O4S/c1-17(2)22-12-21(16-38(6)7)11-18(3)29(22)41-30-23(13-24(33)28(36-30)27-25(34)9-8-10-26(27)35)31(37-46(41,44)45)39-14-20(5)40(32(42)43)15-19(39)4/h8-13,17,19-20H,14-16,35H2,1-7H3,(H,42,43)/t19-,20+/m0/s1. The van der Waals surface area contributed by atoms with Gasteiger partial charge in [0.05, 0.1) is 27.5 Å². The lowest BCUT2D eigenvalue weighted by Crippen LogP contribution is -2.60. The normalized spacial score (nSPS) is 19.5. The zero-order chi connectivity index (χ0) is 33.8. The average molecular weight is 672 g/mol. The largest absolute Gasteiger partial charge is 0.465 e. The minimum Gasteiger partial charge on any atom is -0.465 e. The molecule has 2 atom stereocenters. The molecule has 3 N–H and O–H groups in total. The average Bonchev–Trinajstić information content (AvgIpc) is 2.94. The molecule has 0 aliphatic carbocycles. The van der Waals surface area contributed by atoms with Gasteiger partial charge in [-0.15, -0.1) is 4.40 Å². The number of nitrogens with zero attached hydrogens (tertiary/aromatic N) is 6. The Balaban J connectivity index is 1.81. The van der Waals surface area contributed by atoms with E-state index in [4.69, 9.17) is 22.3 Å². The number of carbonyl (C=O) groups is 1. The van der Waals surface area contributed by atoms with Gasteiger partial charge >= 0.3 is 16.3 Å². The van der Waals surface area contributed by atoms with E-state index < -0.39 is 34.2 Å². The summed E-state index contributed by atoms with van der Waals surface area (Å²) in [5.41, 5.74) is 9.42. The number of aryl methyl sites for hydroxylation is 1. The number of nitrogens with two attached hydrogens (primary N) is 1. The third-order valence-corrected chi connectivity index (χ3v) is 9.83. The molecular weight excluding hydrogens is 633 g/mol. The molecule has 11 nitrogen and oxygen atoms in total. The van der Waals surface area contributed by atoms with Crippen molar-refractivity contribution in [2.75, 3.05) is 37.2 Å². The van der Waals surface area contributed by atoms with Crippen LogP contribution in [0.25, 0.3) is 11.3 Å². The van der Waals surface area contributed by atoms with Crippen molar-refractivity contribution in [3.05, 3.63) is 69.5 Å². The molecule has 1 amide bonds. The molecule has 0 unspecified atom stereocenters. The second kappa shape index (κ2) is 12.3. The Hall–Kier alpha value is -3.94. The minimum atomic E-state index is -4.50. The van der Waals surface area contributed by atoms with Gasteiger partial charge in [0.25, 0.3) is 0 Å². The number of halogens is 2. The molecule has 0 bridgehead atoms. The summed E-state index contributed by atoms with van der Waals surface area (Å²) in [6, 6.07) is 8.80. The van der Waals surface area contributed by atoms with Crippen LogP contribution in [0.2, 0.25) is 5.02 Å². The van der Waals surface area contributed by atoms with Gasteiger partial charge in [-0.1, -0.05) is 43.6 Å². The van der Waals surface area contributed by atoms with E-state index in [1.54, 1.807) is 18.7 Å². The highest BCUT2D eigenvalue weighted by Crippen LogP contribution is 2.45. The van der Waals surface area contributed by atoms with Crippen molar-refractivity contribution in [1.29, 1.82) is 0 Å². The molecule has 14 heteroatoms. The van der Waals surface area contributed by atoms with Crippen LogP contribution in [-0.4, -0.2) is 84.4 Å². The fourth-order valence-corrected chi connectivity index (χ4v) is 7.83. The van der Waals surface area contributed by atoms with Crippen LogP contribution in [0.4, 0.5) is 26.4 Å². The predicted molar refractivity (Wildman–Crippen MR) is 180 cm³/mol. The molecule has 46 heavy (non-hydrogen) atoms. The van der Waals surface area contributed by atoms with Gasteiger partial charge in [0.2, 0.25) is 0 Å². The van der Waals surface area contributed by atoms with E-state index in [-0.39, 0.29) is 52.6 Å². The quantitative estimate of drug-likeness (QED) is 0.324. The number of piperazine rings is 1. The molecule has 2 aliphatic rings. The highest BCUT2D eigenvalue weighted by atomic mass is 35.5. The Morgan fingerprint density at radius 2 is 1.87 bits per heavy atom. The molecule has 1 fully saturated rings. The fraction of sp³-hybridized carbons (Fsp3) is 0.406. The van der Waals surface area contributed by atoms with Gasteiger partial charge < -0.3 is 25.5 Å². The van der Waals surface area contributed by atoms with Gasteiger partial charge in [-0.05, 0) is 75.7 Å². The second-order valence-corrected chi connectivity index (χ2v) is 14.4. The minimum absolute atomic E-state index is 0.00192. The molecule has 0 radical (unpaired) electrons. The molecule has 0 spiro atoms. The van der Waals surface area contributed by atoms with E-state index in [1.165, 1.54) is 29.2 Å². The lowest BCUT2D eigenvalue weighted by Gasteiger charge is -2.45. The SMILES string of the molecule is Cc1cc(CN(C)C)cc(C(C)C)c1N1c2nc(-c3c(N)cccc3F)c(Cl)cc2C(N2C[C@@H](C)N(C(=O)O)C[C@@H]2C)=NS1(=O)=O. The Kier molecular flexibility index (Phi) is 8.97. The number of aromatic nitrogens is 1. The zero-order valence-electron chi connectivity index (χ0n) is 26.9. The fourth-order valence-electron chi connectivity index (χ4n) is 6.25. The Morgan fingerprint density at radius 1 is 1.17 bits per heavy atom. The number of fused-ring (bicyclic) bond motifs is 1. The Bertz CT molecular complexity index is 1830. The van der Waals surface area contributed by atoms with E-state index in [1.807, 2.05) is 51.9 Å². The summed E-state index contributed by atoms with van der Waals surface area (Å²) in [5, 5.41) is 9.76. The van der Waals surface area contributed by atoms with Crippen molar-refractivity contribution in [2.45, 2.75) is 59.2 Å². The summed E-state index contributed by atoms with van der Waals surface area (Å²) >= 11 is 6.80. The van der Waals surface area contributed by atoms with E-state index >= 15 is 4.39 Å². The summed E-state index contributed by atoms with van der Waals surface area (Å²) in [4.78, 5) is 21.8. The summed E-state index contributed by atoms with van der Waals surface area (Å²) in [6.07, 6.45) is -1.06. The first-order valence-electron chi connectivity index (χ1n) is 15.0. The summed E-state index contributed by atoms with van der Waals surface area (Å²) in [5.74, 6) is -0.657. The summed E-state index contributed by atoms with van der Waals surface area (Å²) < 4.78 is 49.6. The Labute approximate surface area is 274 Å². The van der Waals surface area contributed by atoms with Gasteiger partial charge in [0.1, 0.15) is 5.82 Å². The van der Waals surface area contributed by atoms with Crippen molar-refractivity contribution < 1.29 is 22.7 Å². The van der Waals surface area contributed by atoms with Crippen LogP contribution in [-0.2, 0) is 16.8 Å². The number of hydrogen-bond donors (Lipinski definition) is 2. The number of rotatable bonds is 5. The molecule has 246 valence electrons. The molecule has 1 aromatic heterocycles. The first-order chi connectivity index (χ1) is 21.5. The molecular formula is C32H39ClFN7O4S. The smallest absolute Gasteiger partial charge is 0.407 e. The maximum atomic E-state index is 15.3. The van der Waals surface area contributed by atoms with Crippen molar-refractivity contribution >= 4 is 50.9 Å². The second-order valence-electron chi connectivity index (χ2n) is 12.6. The number of amides is 1. The Morgan fingerprint density at radius 3 is 2.48 bits per heavy atom. The third-order valence-electron chi connectivity index (χ3n) is 8.32. The van der Waals surface area contributed by atoms with E-state index in [0.717, 1.165) is 15.4 Å². The number of carboxylic acid groups (broad SMARTS) is 1. The van der Waals surface area contributed by atoms with Crippen LogP contribution in [0.15, 0.2) is 40.8 Å². The number of hydrogen-bond acceptors (Lipinski definition) is 7. The number of pyridine rings is 1. The van der Waals surface area contributed by atoms with Gasteiger partial charge in [-0.3, -0.25) is 0 Å². The highest BCUT2D eigenvalue weighted by molar-refractivity contribution is 7.92. The summed E-state index contributed by atoms with van der Waals surface area (Å²) in [7, 11) is -0.577. The molecule has 5 rings (SSSR count). The van der Waals surface area contributed by atoms with Gasteiger partial charge in [-0.2, -0.15) is 8.42 Å². The predicted octanol–water partition coefficient (Wildman–Crippen LogP) is 5.83. The number of anilines is 3. The van der Waals surface area contributed by atoms with E-state index in [9.17, 15) is 18.3 Å². The maximum Gasteiger partial charge on any atom is 0.407 e. The van der Waals surface area contributed by atoms with Crippen molar-refractivity contribution in [2.24, 2.45) is 4.40 Å². The number of benzene rings is 2. The zero-order valence-corrected chi connectivity index (χ0v) is 28.5. The van der Waals surface area contributed by atoms with Crippen molar-refractivity contribution in [3.8, 4) is 11.3 Å². The maximum absolute atomic E-state index is 15.3. The number of amidine groups is 1. The summed E-state index contributed by atoms with van der Waals surface area (Å²) in [6.45, 7) is 10.3. The lowest BCUT2D eigenvalue weighted by molar-refractivity contribution is 0.0751. The van der Waals surface area contributed by atoms with Crippen LogP contribution in [0.3, 0.4) is 0 Å². The molecule has 0 saturated carbocycles. The van der Waals surface area contributed by atoms with E-state index in [2.05, 4.69) is 4.40 Å². The van der Waals surface area contributed by atoms with Crippen LogP contribution < -0.4 is 10.0 Å². The first-order valence-corrected chi connectivity index (χ1v) is 16.7. The molecule has 3 aromatic rings. The van der Waals surface area contributed by atoms with Crippen molar-refractivity contribution in [1.82, 2.24) is 19.7 Å². The first kappa shape index (κ1) is 33.4. The van der Waals surface area contributed by atoms with Crippen LogP contribution >= 0.6 is 11.6 Å². The molecule has 2 aliphatic heterocycles. The van der Waals surface area contributed by atoms with Gasteiger partial charge in [-0.25, -0.2) is 18.5 Å². The van der Waals surface area contributed by atoms with Crippen molar-refractivity contribution in [3.63, 3.8) is 0 Å². The van der Waals surface area contributed by atoms with Gasteiger partial charge in [0, 0.05) is 37.4 Å². The number of nitrogen functional groups attached to an aromatic ring is 1. The van der Waals surface area contributed by atoms with E-state index in [0.29, 0.717) is 23.4 Å². The van der Waals surface area contributed by atoms with Crippen LogP contribution in [0, 0.1) is 12.7 Å². The lowest BCUT2D eigenvalue weighted by atomic mass is 9.94. The third kappa shape index (κ3) is 5.98. The highest BCUT2D eigenvalue weighted by Gasteiger charge is 2.42. The van der Waals surface area contributed by atoms with Crippen LogP contribution in [0.5, 0.6) is 0 Å². The molecule has 2 aromatic carbocycles. The van der Waals surface area contributed by atoms with Crippen LogP contribution in [0.1, 0.15) is 55.9 Å². The molecule has 3 heterocycles.